The van der Waals surface area contributed by atoms with Crippen molar-refractivity contribution in [2.75, 3.05) is 18.5 Å². The molecule has 0 aliphatic rings. The summed E-state index contributed by atoms with van der Waals surface area (Å²) in [5.74, 6) is 0. The molecule has 2 rings (SSSR count). The molecule has 0 spiro atoms. The van der Waals surface area contributed by atoms with Crippen molar-refractivity contribution in [3.05, 3.63) is 40.9 Å². The predicted molar refractivity (Wildman–Crippen MR) is 92.7 cm³/mol. The first-order chi connectivity index (χ1) is 10.2. The number of benzene rings is 1. The average molecular weight is 303 g/mol. The number of nitrogens with one attached hydrogen (secondary N) is 1. The number of anilines is 2. The van der Waals surface area contributed by atoms with Crippen LogP contribution in [0.15, 0.2) is 30.5 Å². The minimum Gasteiger partial charge on any atom is -0.321 e. The summed E-state index contributed by atoms with van der Waals surface area (Å²) in [7, 11) is 2.08. The van der Waals surface area contributed by atoms with Gasteiger partial charge in [-0.25, -0.2) is 4.98 Å². The van der Waals surface area contributed by atoms with Gasteiger partial charge in [0, 0.05) is 29.9 Å². The lowest BCUT2D eigenvalue weighted by Crippen LogP contribution is -2.18. The summed E-state index contributed by atoms with van der Waals surface area (Å²) in [6, 6.07) is 9.07. The lowest BCUT2D eigenvalue weighted by atomic mass is 10.1. The molecule has 0 bridgehead atoms. The molecule has 1 atom stereocenters. The molecule has 0 amide bonds. The number of rotatable bonds is 7. The van der Waals surface area contributed by atoms with Gasteiger partial charge in [0.25, 0.3) is 0 Å². The molecule has 1 aromatic carbocycles. The van der Waals surface area contributed by atoms with E-state index in [1.54, 1.807) is 11.3 Å². The molecule has 21 heavy (non-hydrogen) atoms. The first kappa shape index (κ1) is 16.0. The molecule has 1 aromatic heterocycles. The van der Waals surface area contributed by atoms with Crippen LogP contribution in [0.3, 0.4) is 0 Å². The first-order valence-electron chi connectivity index (χ1n) is 7.67. The Hall–Kier alpha value is -1.39. The molecule has 0 saturated heterocycles. The number of aromatic nitrogens is 1. The van der Waals surface area contributed by atoms with Crippen molar-refractivity contribution in [2.24, 2.45) is 0 Å². The highest BCUT2D eigenvalue weighted by Gasteiger charge is 2.12. The van der Waals surface area contributed by atoms with E-state index in [9.17, 15) is 0 Å². The van der Waals surface area contributed by atoms with Gasteiger partial charge in [0.2, 0.25) is 0 Å². The number of hydrogen-bond donors (Lipinski definition) is 1. The van der Waals surface area contributed by atoms with Crippen LogP contribution in [0.2, 0.25) is 0 Å². The van der Waals surface area contributed by atoms with Crippen molar-refractivity contribution in [2.45, 2.75) is 39.7 Å². The molecular weight excluding hydrogens is 278 g/mol. The molecule has 4 heteroatoms. The zero-order chi connectivity index (χ0) is 15.2. The standard InChI is InChI=1S/C17H25N3S/c1-5-11-18-13(3)16-12-19-17(21-16)20(4)15-9-7-14(6-2)8-10-15/h7-10,12-13,18H,5-6,11H2,1-4H3. The SMILES string of the molecule is CCCNC(C)c1cnc(N(C)c2ccc(CC)cc2)s1. The summed E-state index contributed by atoms with van der Waals surface area (Å²) < 4.78 is 0. The maximum atomic E-state index is 4.57. The van der Waals surface area contributed by atoms with Crippen LogP contribution in [-0.4, -0.2) is 18.6 Å². The fraction of sp³-hybridized carbons (Fsp3) is 0.471. The first-order valence-corrected chi connectivity index (χ1v) is 8.49. The number of hydrogen-bond acceptors (Lipinski definition) is 4. The van der Waals surface area contributed by atoms with Gasteiger partial charge in [0.05, 0.1) is 0 Å². The van der Waals surface area contributed by atoms with E-state index in [0.29, 0.717) is 6.04 Å². The van der Waals surface area contributed by atoms with E-state index >= 15 is 0 Å². The van der Waals surface area contributed by atoms with Gasteiger partial charge in [-0.1, -0.05) is 37.3 Å². The van der Waals surface area contributed by atoms with Crippen molar-refractivity contribution in [1.29, 1.82) is 0 Å². The Labute approximate surface area is 132 Å². The zero-order valence-corrected chi connectivity index (χ0v) is 14.2. The second-order valence-electron chi connectivity index (χ2n) is 5.30. The second kappa shape index (κ2) is 7.57. The molecule has 0 fully saturated rings. The van der Waals surface area contributed by atoms with Gasteiger partial charge in [-0.3, -0.25) is 0 Å². The van der Waals surface area contributed by atoms with Gasteiger partial charge in [0.15, 0.2) is 5.13 Å². The zero-order valence-electron chi connectivity index (χ0n) is 13.4. The van der Waals surface area contributed by atoms with Crippen LogP contribution >= 0.6 is 11.3 Å². The molecule has 3 nitrogen and oxygen atoms in total. The Morgan fingerprint density at radius 2 is 1.95 bits per heavy atom. The summed E-state index contributed by atoms with van der Waals surface area (Å²) in [5, 5.41) is 4.55. The van der Waals surface area contributed by atoms with Crippen LogP contribution in [0.5, 0.6) is 0 Å². The van der Waals surface area contributed by atoms with E-state index in [1.165, 1.54) is 16.1 Å². The van der Waals surface area contributed by atoms with Gasteiger partial charge >= 0.3 is 0 Å². The normalized spacial score (nSPS) is 12.4. The molecule has 0 aliphatic carbocycles. The monoisotopic (exact) mass is 303 g/mol. The van der Waals surface area contributed by atoms with Gasteiger partial charge in [-0.05, 0) is 44.0 Å². The van der Waals surface area contributed by atoms with Crippen LogP contribution in [-0.2, 0) is 6.42 Å². The number of nitrogens with zero attached hydrogens (tertiary/aromatic N) is 2. The molecule has 1 N–H and O–H groups in total. The summed E-state index contributed by atoms with van der Waals surface area (Å²) in [4.78, 5) is 8.01. The maximum absolute atomic E-state index is 4.57. The van der Waals surface area contributed by atoms with E-state index < -0.39 is 0 Å². The Kier molecular flexibility index (Phi) is 5.76. The highest BCUT2D eigenvalue weighted by atomic mass is 32.1. The van der Waals surface area contributed by atoms with E-state index in [4.69, 9.17) is 0 Å². The van der Waals surface area contributed by atoms with Crippen molar-refractivity contribution in [3.63, 3.8) is 0 Å². The maximum Gasteiger partial charge on any atom is 0.189 e. The van der Waals surface area contributed by atoms with E-state index in [1.807, 2.05) is 6.20 Å². The second-order valence-corrected chi connectivity index (χ2v) is 6.34. The predicted octanol–water partition coefficient (Wildman–Crippen LogP) is 4.53. The molecule has 2 aromatic rings. The molecule has 0 saturated carbocycles. The van der Waals surface area contributed by atoms with Crippen molar-refractivity contribution in [1.82, 2.24) is 10.3 Å². The van der Waals surface area contributed by atoms with Crippen molar-refractivity contribution in [3.8, 4) is 0 Å². The third-order valence-electron chi connectivity index (χ3n) is 3.66. The molecule has 1 heterocycles. The topological polar surface area (TPSA) is 28.2 Å². The summed E-state index contributed by atoms with van der Waals surface area (Å²) in [5.41, 5.74) is 2.55. The highest BCUT2D eigenvalue weighted by molar-refractivity contribution is 7.15. The Balaban J connectivity index is 2.08. The van der Waals surface area contributed by atoms with Gasteiger partial charge in [0.1, 0.15) is 0 Å². The lowest BCUT2D eigenvalue weighted by Gasteiger charge is -2.16. The summed E-state index contributed by atoms with van der Waals surface area (Å²) in [6.45, 7) is 7.60. The average Bonchev–Trinajstić information content (AvgIpc) is 3.02. The van der Waals surface area contributed by atoms with Gasteiger partial charge in [-0.2, -0.15) is 0 Å². The third kappa shape index (κ3) is 4.05. The molecule has 1 unspecified atom stereocenters. The number of aryl methyl sites for hydroxylation is 1. The Morgan fingerprint density at radius 1 is 1.24 bits per heavy atom. The smallest absolute Gasteiger partial charge is 0.189 e. The fourth-order valence-corrected chi connectivity index (χ4v) is 3.08. The van der Waals surface area contributed by atoms with E-state index in [2.05, 4.69) is 67.3 Å². The quantitative estimate of drug-likeness (QED) is 0.814. The number of thiazole rings is 1. The largest absolute Gasteiger partial charge is 0.321 e. The molecular formula is C17H25N3S. The third-order valence-corrected chi connectivity index (χ3v) is 4.91. The summed E-state index contributed by atoms with van der Waals surface area (Å²) >= 11 is 1.76. The van der Waals surface area contributed by atoms with Crippen LogP contribution in [0.4, 0.5) is 10.8 Å². The van der Waals surface area contributed by atoms with Crippen molar-refractivity contribution >= 4 is 22.2 Å². The van der Waals surface area contributed by atoms with Gasteiger partial charge < -0.3 is 10.2 Å². The van der Waals surface area contributed by atoms with Crippen LogP contribution in [0, 0.1) is 0 Å². The molecule has 114 valence electrons. The van der Waals surface area contributed by atoms with Crippen LogP contribution in [0.25, 0.3) is 0 Å². The Bertz CT molecular complexity index is 547. The van der Waals surface area contributed by atoms with E-state index in [0.717, 1.165) is 24.5 Å². The summed E-state index contributed by atoms with van der Waals surface area (Å²) in [6.07, 6.45) is 4.22. The van der Waals surface area contributed by atoms with E-state index in [-0.39, 0.29) is 0 Å². The lowest BCUT2D eigenvalue weighted by molar-refractivity contribution is 0.577. The van der Waals surface area contributed by atoms with Crippen molar-refractivity contribution < 1.29 is 0 Å². The molecule has 0 radical (unpaired) electrons. The highest BCUT2D eigenvalue weighted by Crippen LogP contribution is 2.31. The van der Waals surface area contributed by atoms with Crippen LogP contribution < -0.4 is 10.2 Å². The van der Waals surface area contributed by atoms with Crippen LogP contribution in [0.1, 0.15) is 43.7 Å². The fourth-order valence-electron chi connectivity index (χ4n) is 2.16. The Morgan fingerprint density at radius 3 is 2.57 bits per heavy atom. The minimum absolute atomic E-state index is 0.368. The van der Waals surface area contributed by atoms with Gasteiger partial charge in [-0.15, -0.1) is 0 Å². The minimum atomic E-state index is 0.368. The molecule has 0 aliphatic heterocycles.